The summed E-state index contributed by atoms with van der Waals surface area (Å²) in [5.74, 6) is 0.886. The Hall–Kier alpha value is -0.210. The summed E-state index contributed by atoms with van der Waals surface area (Å²) in [5.41, 5.74) is 0. The molecule has 14 heavy (non-hydrogen) atoms. The van der Waals surface area contributed by atoms with Crippen molar-refractivity contribution < 1.29 is 4.74 Å². The third-order valence-electron chi connectivity index (χ3n) is 1.83. The van der Waals surface area contributed by atoms with E-state index in [-0.39, 0.29) is 0 Å². The van der Waals surface area contributed by atoms with Gasteiger partial charge in [-0.25, -0.2) is 0 Å². The maximum atomic E-state index is 5.75. The van der Waals surface area contributed by atoms with Crippen molar-refractivity contribution in [3.8, 4) is 5.75 Å². The summed E-state index contributed by atoms with van der Waals surface area (Å²) in [5, 5.41) is 0.742. The van der Waals surface area contributed by atoms with Crippen molar-refractivity contribution in [2.45, 2.75) is 24.6 Å². The number of rotatable bonds is 5. The van der Waals surface area contributed by atoms with Crippen LogP contribution in [0.5, 0.6) is 5.75 Å². The molecule has 1 atom stereocenters. The molecule has 1 nitrogen and oxygen atoms in total. The molecule has 0 radical (unpaired) electrons. The zero-order valence-electron chi connectivity index (χ0n) is 8.17. The maximum absolute atomic E-state index is 5.75. The molecule has 78 valence electrons. The molecular formula is C11H14BrClO. The first kappa shape index (κ1) is 11.9. The Labute approximate surface area is 98.5 Å². The Morgan fingerprint density at radius 2 is 2.00 bits per heavy atom. The molecule has 0 aliphatic rings. The molecule has 1 aromatic carbocycles. The molecule has 0 bridgehead atoms. The summed E-state index contributed by atoms with van der Waals surface area (Å²) in [4.78, 5) is 0.566. The first-order valence-corrected chi connectivity index (χ1v) is 6.00. The van der Waals surface area contributed by atoms with Gasteiger partial charge in [-0.05, 0) is 37.1 Å². The zero-order chi connectivity index (χ0) is 10.4. The lowest BCUT2D eigenvalue weighted by molar-refractivity contribution is 0.307. The van der Waals surface area contributed by atoms with Gasteiger partial charge >= 0.3 is 0 Å². The van der Waals surface area contributed by atoms with Gasteiger partial charge in [-0.15, -0.1) is 0 Å². The van der Waals surface area contributed by atoms with E-state index in [1.165, 1.54) is 0 Å². The van der Waals surface area contributed by atoms with Crippen LogP contribution < -0.4 is 4.74 Å². The zero-order valence-corrected chi connectivity index (χ0v) is 10.5. The highest BCUT2D eigenvalue weighted by Gasteiger charge is 1.97. The first-order chi connectivity index (χ1) is 6.68. The van der Waals surface area contributed by atoms with Gasteiger partial charge in [-0.2, -0.15) is 0 Å². The largest absolute Gasteiger partial charge is 0.494 e. The predicted octanol–water partition coefficient (Wildman–Crippen LogP) is 4.28. The second-order valence-electron chi connectivity index (χ2n) is 3.23. The van der Waals surface area contributed by atoms with E-state index in [1.54, 1.807) is 0 Å². The summed E-state index contributed by atoms with van der Waals surface area (Å²) in [6.07, 6.45) is 2.20. The smallest absolute Gasteiger partial charge is 0.119 e. The van der Waals surface area contributed by atoms with Crippen LogP contribution in [0.15, 0.2) is 24.3 Å². The summed E-state index contributed by atoms with van der Waals surface area (Å²) in [7, 11) is 0. The van der Waals surface area contributed by atoms with Crippen molar-refractivity contribution in [1.82, 2.24) is 0 Å². The minimum atomic E-state index is 0.566. The molecule has 1 aromatic rings. The van der Waals surface area contributed by atoms with Gasteiger partial charge < -0.3 is 4.74 Å². The van der Waals surface area contributed by atoms with Crippen LogP contribution in [0, 0.1) is 0 Å². The van der Waals surface area contributed by atoms with Crippen molar-refractivity contribution in [2.24, 2.45) is 0 Å². The minimum Gasteiger partial charge on any atom is -0.494 e. The van der Waals surface area contributed by atoms with E-state index in [0.29, 0.717) is 4.83 Å². The van der Waals surface area contributed by atoms with Crippen LogP contribution in [0.1, 0.15) is 19.8 Å². The Kier molecular flexibility index (Phi) is 5.34. The second kappa shape index (κ2) is 6.31. The van der Waals surface area contributed by atoms with Gasteiger partial charge in [0.15, 0.2) is 0 Å². The Morgan fingerprint density at radius 1 is 1.36 bits per heavy atom. The monoisotopic (exact) mass is 276 g/mol. The average Bonchev–Trinajstić information content (AvgIpc) is 2.15. The van der Waals surface area contributed by atoms with E-state index < -0.39 is 0 Å². The highest BCUT2D eigenvalue weighted by molar-refractivity contribution is 9.09. The summed E-state index contributed by atoms with van der Waals surface area (Å²) in [6.45, 7) is 2.90. The molecule has 0 N–H and O–H groups in total. The van der Waals surface area contributed by atoms with Gasteiger partial charge in [0.1, 0.15) is 5.75 Å². The fourth-order valence-electron chi connectivity index (χ4n) is 1.09. The van der Waals surface area contributed by atoms with Crippen molar-refractivity contribution >= 4 is 27.5 Å². The van der Waals surface area contributed by atoms with E-state index in [1.807, 2.05) is 24.3 Å². The quantitative estimate of drug-likeness (QED) is 0.576. The number of hydrogen-bond donors (Lipinski definition) is 0. The molecule has 0 aliphatic heterocycles. The minimum absolute atomic E-state index is 0.566. The Balaban J connectivity index is 2.21. The Morgan fingerprint density at radius 3 is 2.57 bits per heavy atom. The molecule has 1 rings (SSSR count). The van der Waals surface area contributed by atoms with E-state index in [2.05, 4.69) is 22.9 Å². The lowest BCUT2D eigenvalue weighted by atomic mass is 10.3. The van der Waals surface area contributed by atoms with Crippen molar-refractivity contribution in [3.63, 3.8) is 0 Å². The summed E-state index contributed by atoms with van der Waals surface area (Å²) >= 11 is 9.25. The van der Waals surface area contributed by atoms with E-state index >= 15 is 0 Å². The number of halogens is 2. The van der Waals surface area contributed by atoms with Crippen LogP contribution in [0.4, 0.5) is 0 Å². The van der Waals surface area contributed by atoms with E-state index in [4.69, 9.17) is 16.3 Å². The van der Waals surface area contributed by atoms with Crippen LogP contribution in [-0.4, -0.2) is 11.4 Å². The van der Waals surface area contributed by atoms with Gasteiger partial charge in [0.25, 0.3) is 0 Å². The SMILES string of the molecule is CC(Br)CCCOc1ccc(Cl)cc1. The third-order valence-corrected chi connectivity index (χ3v) is 2.54. The van der Waals surface area contributed by atoms with Gasteiger partial charge in [0, 0.05) is 9.85 Å². The molecular weight excluding hydrogens is 263 g/mol. The van der Waals surface area contributed by atoms with Crippen LogP contribution in [-0.2, 0) is 0 Å². The molecule has 3 heteroatoms. The lowest BCUT2D eigenvalue weighted by Crippen LogP contribution is -2.00. The van der Waals surface area contributed by atoms with Crippen molar-refractivity contribution in [2.75, 3.05) is 6.61 Å². The molecule has 0 aliphatic carbocycles. The van der Waals surface area contributed by atoms with Crippen LogP contribution in [0.2, 0.25) is 5.02 Å². The van der Waals surface area contributed by atoms with Gasteiger partial charge in [0.05, 0.1) is 6.61 Å². The molecule has 0 heterocycles. The Bertz CT molecular complexity index is 258. The molecule has 0 saturated carbocycles. The average molecular weight is 278 g/mol. The molecule has 0 spiro atoms. The van der Waals surface area contributed by atoms with Crippen LogP contribution >= 0.6 is 27.5 Å². The molecule has 0 aromatic heterocycles. The summed E-state index contributed by atoms with van der Waals surface area (Å²) < 4.78 is 5.53. The number of hydrogen-bond acceptors (Lipinski definition) is 1. The van der Waals surface area contributed by atoms with Crippen LogP contribution in [0.3, 0.4) is 0 Å². The number of ether oxygens (including phenoxy) is 1. The lowest BCUT2D eigenvalue weighted by Gasteiger charge is -2.06. The molecule has 0 amide bonds. The van der Waals surface area contributed by atoms with Gasteiger partial charge in [-0.3, -0.25) is 0 Å². The highest BCUT2D eigenvalue weighted by Crippen LogP contribution is 2.16. The number of alkyl halides is 1. The normalized spacial score (nSPS) is 12.5. The first-order valence-electron chi connectivity index (χ1n) is 4.71. The second-order valence-corrected chi connectivity index (χ2v) is 5.22. The number of benzene rings is 1. The molecule has 0 fully saturated rings. The van der Waals surface area contributed by atoms with E-state index in [9.17, 15) is 0 Å². The van der Waals surface area contributed by atoms with Crippen molar-refractivity contribution in [3.05, 3.63) is 29.3 Å². The molecule has 0 saturated heterocycles. The fraction of sp³-hybridized carbons (Fsp3) is 0.455. The summed E-state index contributed by atoms with van der Waals surface area (Å²) in [6, 6.07) is 7.45. The van der Waals surface area contributed by atoms with Crippen molar-refractivity contribution in [1.29, 1.82) is 0 Å². The van der Waals surface area contributed by atoms with Gasteiger partial charge in [-0.1, -0.05) is 34.5 Å². The van der Waals surface area contributed by atoms with Gasteiger partial charge in [0.2, 0.25) is 0 Å². The van der Waals surface area contributed by atoms with Crippen LogP contribution in [0.25, 0.3) is 0 Å². The third kappa shape index (κ3) is 4.87. The predicted molar refractivity (Wildman–Crippen MR) is 64.6 cm³/mol. The highest BCUT2D eigenvalue weighted by atomic mass is 79.9. The molecule has 1 unspecified atom stereocenters. The maximum Gasteiger partial charge on any atom is 0.119 e. The topological polar surface area (TPSA) is 9.23 Å². The van der Waals surface area contributed by atoms with E-state index in [0.717, 1.165) is 30.2 Å². The fourth-order valence-corrected chi connectivity index (χ4v) is 1.54. The standard InChI is InChI=1S/C11H14BrClO/c1-9(12)3-2-8-14-11-6-4-10(13)5-7-11/h4-7,9H,2-3,8H2,1H3.